The molecule has 1 heterocycles. The van der Waals surface area contributed by atoms with Gasteiger partial charge in [-0.3, -0.25) is 4.79 Å². The third-order valence-electron chi connectivity index (χ3n) is 3.36. The van der Waals surface area contributed by atoms with E-state index in [2.05, 4.69) is 12.2 Å². The first-order valence-electron chi connectivity index (χ1n) is 6.27. The first-order chi connectivity index (χ1) is 8.20. The second kappa shape index (κ2) is 5.32. The van der Waals surface area contributed by atoms with Crippen molar-refractivity contribution in [2.24, 2.45) is 0 Å². The number of hydrogen-bond acceptors (Lipinski definition) is 2. The summed E-state index contributed by atoms with van der Waals surface area (Å²) in [6.45, 7) is 6.84. The van der Waals surface area contributed by atoms with Gasteiger partial charge in [0.2, 0.25) is 0 Å². The Hall–Kier alpha value is -1.35. The molecule has 92 valence electrons. The number of rotatable bonds is 1. The maximum Gasteiger partial charge on any atom is 0.254 e. The van der Waals surface area contributed by atoms with Crippen LogP contribution in [0.5, 0.6) is 0 Å². The summed E-state index contributed by atoms with van der Waals surface area (Å²) in [4.78, 5) is 14.5. The topological polar surface area (TPSA) is 32.3 Å². The largest absolute Gasteiger partial charge is 0.335 e. The lowest BCUT2D eigenvalue weighted by molar-refractivity contribution is 0.0706. The van der Waals surface area contributed by atoms with Gasteiger partial charge < -0.3 is 10.2 Å². The van der Waals surface area contributed by atoms with Crippen LogP contribution in [-0.2, 0) is 0 Å². The highest BCUT2D eigenvalue weighted by Gasteiger charge is 2.23. The summed E-state index contributed by atoms with van der Waals surface area (Å²) in [5.74, 6) is 0.166. The summed E-state index contributed by atoms with van der Waals surface area (Å²) < 4.78 is 0. The molecule has 1 aromatic rings. The monoisotopic (exact) mass is 232 g/mol. The molecule has 1 atom stereocenters. The fraction of sp³-hybridized carbons (Fsp3) is 0.500. The van der Waals surface area contributed by atoms with Crippen molar-refractivity contribution in [2.45, 2.75) is 26.3 Å². The van der Waals surface area contributed by atoms with Crippen LogP contribution in [0.25, 0.3) is 0 Å². The summed E-state index contributed by atoms with van der Waals surface area (Å²) in [5.41, 5.74) is 1.89. The molecule has 1 amide bonds. The zero-order valence-electron chi connectivity index (χ0n) is 10.6. The number of benzene rings is 1. The highest BCUT2D eigenvalue weighted by atomic mass is 16.2. The zero-order valence-corrected chi connectivity index (χ0v) is 10.6. The predicted molar refractivity (Wildman–Crippen MR) is 69.2 cm³/mol. The van der Waals surface area contributed by atoms with Crippen molar-refractivity contribution >= 4 is 5.91 Å². The van der Waals surface area contributed by atoms with Gasteiger partial charge in [-0.2, -0.15) is 0 Å². The van der Waals surface area contributed by atoms with Gasteiger partial charge in [-0.15, -0.1) is 0 Å². The molecule has 0 aliphatic carbocycles. The van der Waals surface area contributed by atoms with Gasteiger partial charge in [0.1, 0.15) is 0 Å². The van der Waals surface area contributed by atoms with E-state index in [0.29, 0.717) is 0 Å². The van der Waals surface area contributed by atoms with Crippen molar-refractivity contribution in [3.8, 4) is 0 Å². The number of aryl methyl sites for hydroxylation is 1. The molecule has 17 heavy (non-hydrogen) atoms. The minimum Gasteiger partial charge on any atom is -0.335 e. The third kappa shape index (κ3) is 2.67. The van der Waals surface area contributed by atoms with Crippen molar-refractivity contribution in [3.05, 3.63) is 35.4 Å². The molecule has 0 spiro atoms. The highest BCUT2D eigenvalue weighted by molar-refractivity contribution is 5.95. The van der Waals surface area contributed by atoms with Gasteiger partial charge >= 0.3 is 0 Å². The summed E-state index contributed by atoms with van der Waals surface area (Å²) in [6.07, 6.45) is 1.03. The molecule has 2 rings (SSSR count). The molecule has 1 aliphatic rings. The first-order valence-corrected chi connectivity index (χ1v) is 6.27. The summed E-state index contributed by atoms with van der Waals surface area (Å²) in [7, 11) is 0. The van der Waals surface area contributed by atoms with E-state index in [1.165, 1.54) is 0 Å². The van der Waals surface area contributed by atoms with E-state index in [1.807, 2.05) is 36.1 Å². The molecule has 1 unspecified atom stereocenters. The van der Waals surface area contributed by atoms with Gasteiger partial charge in [-0.25, -0.2) is 0 Å². The van der Waals surface area contributed by atoms with Crippen LogP contribution in [-0.4, -0.2) is 36.5 Å². The SMILES string of the molecule is Cc1ccccc1C(=O)N1CCCNCC1C. The number of amides is 1. The first kappa shape index (κ1) is 12.1. The Labute approximate surface area is 103 Å². The minimum absolute atomic E-state index is 0.166. The average molecular weight is 232 g/mol. The predicted octanol–water partition coefficient (Wildman–Crippen LogP) is 1.82. The molecule has 1 aliphatic heterocycles. The standard InChI is InChI=1S/C14H20N2O/c1-11-6-3-4-7-13(11)14(17)16-9-5-8-15-10-12(16)2/h3-4,6-7,12,15H,5,8-10H2,1-2H3. The van der Waals surface area contributed by atoms with Crippen molar-refractivity contribution in [3.63, 3.8) is 0 Å². The lowest BCUT2D eigenvalue weighted by Crippen LogP contribution is -2.41. The molecule has 0 aromatic heterocycles. The maximum absolute atomic E-state index is 12.5. The molecule has 1 fully saturated rings. The van der Waals surface area contributed by atoms with Crippen molar-refractivity contribution < 1.29 is 4.79 Å². The van der Waals surface area contributed by atoms with Crippen LogP contribution in [0.2, 0.25) is 0 Å². The van der Waals surface area contributed by atoms with Gasteiger partial charge in [-0.1, -0.05) is 18.2 Å². The molecule has 0 radical (unpaired) electrons. The van der Waals surface area contributed by atoms with E-state index < -0.39 is 0 Å². The fourth-order valence-electron chi connectivity index (χ4n) is 2.29. The lowest BCUT2D eigenvalue weighted by Gasteiger charge is -2.27. The smallest absolute Gasteiger partial charge is 0.254 e. The number of carbonyl (C=O) groups excluding carboxylic acids is 1. The molecule has 1 aromatic carbocycles. The maximum atomic E-state index is 12.5. The quantitative estimate of drug-likeness (QED) is 0.801. The second-order valence-electron chi connectivity index (χ2n) is 4.72. The third-order valence-corrected chi connectivity index (χ3v) is 3.36. The molecule has 0 saturated carbocycles. The molecular formula is C14H20N2O. The van der Waals surface area contributed by atoms with Gasteiger partial charge in [0.05, 0.1) is 0 Å². The Balaban J connectivity index is 2.21. The van der Waals surface area contributed by atoms with Crippen LogP contribution in [0, 0.1) is 6.92 Å². The number of hydrogen-bond donors (Lipinski definition) is 1. The van der Waals surface area contributed by atoms with Crippen LogP contribution < -0.4 is 5.32 Å². The number of nitrogens with one attached hydrogen (secondary N) is 1. The van der Waals surface area contributed by atoms with E-state index in [0.717, 1.165) is 37.2 Å². The van der Waals surface area contributed by atoms with Crippen molar-refractivity contribution in [1.29, 1.82) is 0 Å². The Morgan fingerprint density at radius 3 is 2.94 bits per heavy atom. The van der Waals surface area contributed by atoms with Crippen LogP contribution >= 0.6 is 0 Å². The normalized spacial score (nSPS) is 21.1. The van der Waals surface area contributed by atoms with E-state index in [9.17, 15) is 4.79 Å². The Kier molecular flexibility index (Phi) is 3.79. The molecule has 1 N–H and O–H groups in total. The lowest BCUT2D eigenvalue weighted by atomic mass is 10.1. The molecule has 0 bridgehead atoms. The Bertz CT molecular complexity index is 403. The minimum atomic E-state index is 0.166. The molecule has 1 saturated heterocycles. The second-order valence-corrected chi connectivity index (χ2v) is 4.72. The zero-order chi connectivity index (χ0) is 12.3. The van der Waals surface area contributed by atoms with Gasteiger partial charge in [0.25, 0.3) is 5.91 Å². The van der Waals surface area contributed by atoms with E-state index in [4.69, 9.17) is 0 Å². The van der Waals surface area contributed by atoms with Crippen molar-refractivity contribution in [1.82, 2.24) is 10.2 Å². The van der Waals surface area contributed by atoms with Crippen LogP contribution in [0.3, 0.4) is 0 Å². The van der Waals surface area contributed by atoms with Crippen LogP contribution in [0.1, 0.15) is 29.3 Å². The van der Waals surface area contributed by atoms with Crippen LogP contribution in [0.4, 0.5) is 0 Å². The average Bonchev–Trinajstić information content (AvgIpc) is 2.54. The van der Waals surface area contributed by atoms with Crippen LogP contribution in [0.15, 0.2) is 24.3 Å². The van der Waals surface area contributed by atoms with Gasteiger partial charge in [0, 0.05) is 24.7 Å². The Morgan fingerprint density at radius 2 is 2.18 bits per heavy atom. The van der Waals surface area contributed by atoms with E-state index in [1.54, 1.807) is 0 Å². The number of carbonyl (C=O) groups is 1. The summed E-state index contributed by atoms with van der Waals surface area (Å²) in [6, 6.07) is 8.08. The molecular weight excluding hydrogens is 212 g/mol. The summed E-state index contributed by atoms with van der Waals surface area (Å²) >= 11 is 0. The van der Waals surface area contributed by atoms with E-state index in [-0.39, 0.29) is 11.9 Å². The van der Waals surface area contributed by atoms with E-state index >= 15 is 0 Å². The fourth-order valence-corrected chi connectivity index (χ4v) is 2.29. The highest BCUT2D eigenvalue weighted by Crippen LogP contribution is 2.14. The van der Waals surface area contributed by atoms with Gasteiger partial charge in [0.15, 0.2) is 0 Å². The Morgan fingerprint density at radius 1 is 1.41 bits per heavy atom. The molecule has 3 nitrogen and oxygen atoms in total. The summed E-state index contributed by atoms with van der Waals surface area (Å²) in [5, 5.41) is 3.35. The van der Waals surface area contributed by atoms with Gasteiger partial charge in [-0.05, 0) is 38.4 Å². The number of nitrogens with zero attached hydrogens (tertiary/aromatic N) is 1. The molecule has 3 heteroatoms. The van der Waals surface area contributed by atoms with Crippen molar-refractivity contribution in [2.75, 3.05) is 19.6 Å².